The van der Waals surface area contributed by atoms with Crippen molar-refractivity contribution in [2.75, 3.05) is 0 Å². The van der Waals surface area contributed by atoms with E-state index in [9.17, 15) is 4.39 Å². The highest BCUT2D eigenvalue weighted by Crippen LogP contribution is 2.26. The Labute approximate surface area is 112 Å². The SMILES string of the molecule is Fc1cccc(Oc2ncc(Br)cc2CCl)c1. The molecule has 1 aromatic heterocycles. The molecule has 2 aromatic rings. The average molecular weight is 317 g/mol. The van der Waals surface area contributed by atoms with Gasteiger partial charge in [-0.25, -0.2) is 9.37 Å². The molecule has 17 heavy (non-hydrogen) atoms. The van der Waals surface area contributed by atoms with Crippen LogP contribution in [0.5, 0.6) is 11.6 Å². The van der Waals surface area contributed by atoms with Gasteiger partial charge in [0.1, 0.15) is 11.6 Å². The Morgan fingerprint density at radius 1 is 1.35 bits per heavy atom. The molecule has 0 unspecified atom stereocenters. The Kier molecular flexibility index (Phi) is 3.97. The number of halogens is 3. The van der Waals surface area contributed by atoms with Gasteiger partial charge in [0, 0.05) is 22.3 Å². The molecule has 0 N–H and O–H groups in total. The van der Waals surface area contributed by atoms with E-state index in [0.29, 0.717) is 11.6 Å². The van der Waals surface area contributed by atoms with Crippen molar-refractivity contribution in [3.05, 3.63) is 52.4 Å². The van der Waals surface area contributed by atoms with Gasteiger partial charge in [-0.15, -0.1) is 11.6 Å². The fraction of sp³-hybridized carbons (Fsp3) is 0.0833. The van der Waals surface area contributed by atoms with Gasteiger partial charge in [0.15, 0.2) is 0 Å². The number of alkyl halides is 1. The average Bonchev–Trinajstić information content (AvgIpc) is 2.31. The van der Waals surface area contributed by atoms with Crippen LogP contribution in [0.2, 0.25) is 0 Å². The van der Waals surface area contributed by atoms with Crippen LogP contribution in [-0.4, -0.2) is 4.98 Å². The van der Waals surface area contributed by atoms with Gasteiger partial charge < -0.3 is 4.74 Å². The highest BCUT2D eigenvalue weighted by Gasteiger charge is 2.07. The zero-order valence-electron chi connectivity index (χ0n) is 8.66. The topological polar surface area (TPSA) is 22.1 Å². The highest BCUT2D eigenvalue weighted by molar-refractivity contribution is 9.10. The summed E-state index contributed by atoms with van der Waals surface area (Å²) in [4.78, 5) is 4.10. The molecule has 0 atom stereocenters. The molecule has 0 saturated carbocycles. The minimum atomic E-state index is -0.355. The molecule has 1 aromatic carbocycles. The number of hydrogen-bond donors (Lipinski definition) is 0. The van der Waals surface area contributed by atoms with Gasteiger partial charge in [-0.3, -0.25) is 0 Å². The quantitative estimate of drug-likeness (QED) is 0.777. The number of pyridine rings is 1. The second-order valence-electron chi connectivity index (χ2n) is 3.31. The smallest absolute Gasteiger partial charge is 0.223 e. The van der Waals surface area contributed by atoms with E-state index in [-0.39, 0.29) is 11.7 Å². The Balaban J connectivity index is 2.29. The largest absolute Gasteiger partial charge is 0.439 e. The zero-order valence-corrected chi connectivity index (χ0v) is 11.0. The number of hydrogen-bond acceptors (Lipinski definition) is 2. The third-order valence-corrected chi connectivity index (χ3v) is 2.77. The van der Waals surface area contributed by atoms with Gasteiger partial charge in [-0.1, -0.05) is 6.07 Å². The maximum Gasteiger partial charge on any atom is 0.223 e. The summed E-state index contributed by atoms with van der Waals surface area (Å²) >= 11 is 9.08. The van der Waals surface area contributed by atoms with Crippen molar-refractivity contribution in [1.82, 2.24) is 4.98 Å². The van der Waals surface area contributed by atoms with Crippen LogP contribution in [0.3, 0.4) is 0 Å². The van der Waals surface area contributed by atoms with Gasteiger partial charge in [-0.2, -0.15) is 0 Å². The fourth-order valence-corrected chi connectivity index (χ4v) is 1.87. The summed E-state index contributed by atoms with van der Waals surface area (Å²) in [5, 5.41) is 0. The molecule has 0 aliphatic heterocycles. The molecule has 2 nitrogen and oxygen atoms in total. The van der Waals surface area contributed by atoms with Crippen LogP contribution >= 0.6 is 27.5 Å². The molecule has 2 rings (SSSR count). The first-order chi connectivity index (χ1) is 8.19. The number of benzene rings is 1. The lowest BCUT2D eigenvalue weighted by atomic mass is 10.3. The molecule has 0 amide bonds. The molecule has 1 heterocycles. The Morgan fingerprint density at radius 2 is 2.18 bits per heavy atom. The molecule has 0 saturated heterocycles. The van der Waals surface area contributed by atoms with Gasteiger partial charge in [-0.05, 0) is 34.1 Å². The Morgan fingerprint density at radius 3 is 2.88 bits per heavy atom. The summed E-state index contributed by atoms with van der Waals surface area (Å²) in [5.41, 5.74) is 0.741. The molecule has 0 bridgehead atoms. The molecule has 0 radical (unpaired) electrons. The van der Waals surface area contributed by atoms with Crippen molar-refractivity contribution < 1.29 is 9.13 Å². The van der Waals surface area contributed by atoms with Crippen molar-refractivity contribution in [1.29, 1.82) is 0 Å². The molecular formula is C12H8BrClFNO. The normalized spacial score (nSPS) is 10.3. The number of nitrogens with zero attached hydrogens (tertiary/aromatic N) is 1. The first kappa shape index (κ1) is 12.3. The zero-order chi connectivity index (χ0) is 12.3. The van der Waals surface area contributed by atoms with Gasteiger partial charge >= 0.3 is 0 Å². The molecule has 88 valence electrons. The summed E-state index contributed by atoms with van der Waals surface area (Å²) < 4.78 is 19.3. The van der Waals surface area contributed by atoms with Crippen molar-refractivity contribution >= 4 is 27.5 Å². The molecule has 5 heteroatoms. The van der Waals surface area contributed by atoms with Crippen LogP contribution in [0.25, 0.3) is 0 Å². The van der Waals surface area contributed by atoms with E-state index < -0.39 is 0 Å². The predicted octanol–water partition coefficient (Wildman–Crippen LogP) is 4.51. The Hall–Kier alpha value is -1.13. The van der Waals surface area contributed by atoms with Crippen LogP contribution in [-0.2, 0) is 5.88 Å². The predicted molar refractivity (Wildman–Crippen MR) is 68.0 cm³/mol. The number of rotatable bonds is 3. The highest BCUT2D eigenvalue weighted by atomic mass is 79.9. The first-order valence-electron chi connectivity index (χ1n) is 4.83. The summed E-state index contributed by atoms with van der Waals surface area (Å²) in [7, 11) is 0. The van der Waals surface area contributed by atoms with Crippen LogP contribution in [0.15, 0.2) is 41.0 Å². The maximum absolute atomic E-state index is 13.0. The van der Waals surface area contributed by atoms with E-state index >= 15 is 0 Å². The van der Waals surface area contributed by atoms with Gasteiger partial charge in [0.2, 0.25) is 5.88 Å². The molecule has 0 fully saturated rings. The molecule has 0 aliphatic carbocycles. The Bertz CT molecular complexity index is 536. The van der Waals surface area contributed by atoms with Crippen LogP contribution in [0, 0.1) is 5.82 Å². The lowest BCUT2D eigenvalue weighted by Gasteiger charge is -2.08. The van der Waals surface area contributed by atoms with Crippen molar-refractivity contribution in [2.45, 2.75) is 5.88 Å². The van der Waals surface area contributed by atoms with Gasteiger partial charge in [0.05, 0.1) is 5.88 Å². The minimum absolute atomic E-state index is 0.275. The minimum Gasteiger partial charge on any atom is -0.439 e. The summed E-state index contributed by atoms with van der Waals surface area (Å²) in [5.74, 6) is 0.698. The van der Waals surface area contributed by atoms with E-state index in [1.807, 2.05) is 6.07 Å². The third kappa shape index (κ3) is 3.17. The van der Waals surface area contributed by atoms with E-state index in [4.69, 9.17) is 16.3 Å². The second kappa shape index (κ2) is 5.47. The van der Waals surface area contributed by atoms with E-state index in [0.717, 1.165) is 10.0 Å². The standard InChI is InChI=1S/C12H8BrClFNO/c13-9-4-8(6-14)12(16-7-9)17-11-3-1-2-10(15)5-11/h1-5,7H,6H2. The summed E-state index contributed by atoms with van der Waals surface area (Å²) in [6.45, 7) is 0. The monoisotopic (exact) mass is 315 g/mol. The van der Waals surface area contributed by atoms with E-state index in [2.05, 4.69) is 20.9 Å². The van der Waals surface area contributed by atoms with Crippen LogP contribution in [0.4, 0.5) is 4.39 Å². The number of aromatic nitrogens is 1. The van der Waals surface area contributed by atoms with Crippen LogP contribution in [0.1, 0.15) is 5.56 Å². The molecular weight excluding hydrogens is 308 g/mol. The van der Waals surface area contributed by atoms with Crippen molar-refractivity contribution in [3.8, 4) is 11.6 Å². The lowest BCUT2D eigenvalue weighted by Crippen LogP contribution is -1.93. The maximum atomic E-state index is 13.0. The van der Waals surface area contributed by atoms with Crippen molar-refractivity contribution in [2.24, 2.45) is 0 Å². The fourth-order valence-electron chi connectivity index (χ4n) is 1.30. The lowest BCUT2D eigenvalue weighted by molar-refractivity contribution is 0.453. The summed E-state index contributed by atoms with van der Waals surface area (Å²) in [6.07, 6.45) is 1.60. The second-order valence-corrected chi connectivity index (χ2v) is 4.49. The summed E-state index contributed by atoms with van der Waals surface area (Å²) in [6, 6.07) is 7.69. The van der Waals surface area contributed by atoms with Gasteiger partial charge in [0.25, 0.3) is 0 Å². The molecule has 0 aliphatic rings. The van der Waals surface area contributed by atoms with E-state index in [1.165, 1.54) is 12.1 Å². The molecule has 0 spiro atoms. The van der Waals surface area contributed by atoms with Crippen LogP contribution < -0.4 is 4.74 Å². The third-order valence-electron chi connectivity index (χ3n) is 2.05. The first-order valence-corrected chi connectivity index (χ1v) is 6.15. The van der Waals surface area contributed by atoms with E-state index in [1.54, 1.807) is 18.3 Å². The number of ether oxygens (including phenoxy) is 1. The van der Waals surface area contributed by atoms with Crippen molar-refractivity contribution in [3.63, 3.8) is 0 Å².